The van der Waals surface area contributed by atoms with Gasteiger partial charge in [0.15, 0.2) is 5.08 Å². The van der Waals surface area contributed by atoms with Crippen molar-refractivity contribution in [3.63, 3.8) is 0 Å². The third-order valence-corrected chi connectivity index (χ3v) is 10.5. The summed E-state index contributed by atoms with van der Waals surface area (Å²) < 4.78 is 199. The number of esters is 1. The fourth-order valence-electron chi connectivity index (χ4n) is 2.67. The van der Waals surface area contributed by atoms with Crippen LogP contribution in [0.3, 0.4) is 0 Å². The minimum atomic E-state index is -7.65. The molecule has 2 aromatic carbocycles. The van der Waals surface area contributed by atoms with Gasteiger partial charge in [0.25, 0.3) is 9.84 Å². The Hall–Kier alpha value is -3.33. The van der Waals surface area contributed by atoms with E-state index in [9.17, 15) is 69.6 Å². The van der Waals surface area contributed by atoms with Gasteiger partial charge in [-0.15, -0.1) is 0 Å². The van der Waals surface area contributed by atoms with E-state index >= 15 is 0 Å². The summed E-state index contributed by atoms with van der Waals surface area (Å²) in [4.78, 5) is 12.1. The molecule has 0 unspecified atom stereocenters. The average Bonchev–Trinajstić information content (AvgIpc) is 2.86. The highest BCUT2D eigenvalue weighted by atomic mass is 32.3. The van der Waals surface area contributed by atoms with Gasteiger partial charge < -0.3 is 8.92 Å². The first kappa shape index (κ1) is 34.9. The van der Waals surface area contributed by atoms with E-state index in [1.165, 1.54) is 30.3 Å². The summed E-state index contributed by atoms with van der Waals surface area (Å²) in [5.74, 6) is -9.63. The molecule has 234 valence electrons. The quantitative estimate of drug-likeness (QED) is 0.180. The summed E-state index contributed by atoms with van der Waals surface area (Å²) in [7, 11) is -22.0. The maximum absolute atomic E-state index is 14.2. The maximum Gasteiger partial charge on any atom is 0.498 e. The highest BCUT2D eigenvalue weighted by Gasteiger charge is 2.83. The van der Waals surface area contributed by atoms with Crippen molar-refractivity contribution in [2.24, 2.45) is 0 Å². The molecule has 9 nitrogen and oxygen atoms in total. The predicted octanol–water partition coefficient (Wildman–Crippen LogP) is 4.52. The van der Waals surface area contributed by atoms with Gasteiger partial charge in [-0.05, 0) is 35.4 Å². The molecular weight excluding hydrogens is 663 g/mol. The molecule has 0 aliphatic carbocycles. The molecule has 0 saturated heterocycles. The number of rotatable bonds is 12. The lowest BCUT2D eigenvalue weighted by molar-refractivity contribution is -0.245. The minimum absolute atomic E-state index is 0.0383. The zero-order valence-corrected chi connectivity index (χ0v) is 22.6. The number of sulfone groups is 2. The third kappa shape index (κ3) is 6.66. The van der Waals surface area contributed by atoms with Crippen LogP contribution in [-0.2, 0) is 41.1 Å². The fourth-order valence-corrected chi connectivity index (χ4v) is 6.93. The van der Waals surface area contributed by atoms with E-state index in [-0.39, 0.29) is 11.1 Å². The second-order valence-corrected chi connectivity index (χ2v) is 13.9. The molecule has 42 heavy (non-hydrogen) atoms. The van der Waals surface area contributed by atoms with Crippen LogP contribution in [0.25, 0.3) is 6.08 Å². The first-order valence-electron chi connectivity index (χ1n) is 10.4. The van der Waals surface area contributed by atoms with E-state index in [1.54, 1.807) is 0 Å². The lowest BCUT2D eigenvalue weighted by Gasteiger charge is -2.31. The predicted molar refractivity (Wildman–Crippen MR) is 125 cm³/mol. The molecule has 0 bridgehead atoms. The number of carbonyl (C=O) groups is 1. The zero-order valence-electron chi connectivity index (χ0n) is 20.1. The van der Waals surface area contributed by atoms with Crippen molar-refractivity contribution in [3.05, 3.63) is 71.8 Å². The normalized spacial score (nSPS) is 13.8. The maximum atomic E-state index is 14.2. The minimum Gasteiger partial charge on any atom is -0.457 e. The van der Waals surface area contributed by atoms with Gasteiger partial charge in [-0.2, -0.15) is 47.9 Å². The largest absolute Gasteiger partial charge is 0.498 e. The van der Waals surface area contributed by atoms with Crippen LogP contribution in [0.4, 0.5) is 39.5 Å². The molecule has 0 aromatic heterocycles. The van der Waals surface area contributed by atoms with Crippen LogP contribution < -0.4 is 4.18 Å². The molecule has 21 heteroatoms. The average molecular weight is 679 g/mol. The van der Waals surface area contributed by atoms with E-state index in [4.69, 9.17) is 4.74 Å². The lowest BCUT2D eigenvalue weighted by Crippen LogP contribution is -2.62. The Morgan fingerprint density at radius 2 is 1.24 bits per heavy atom. The Kier molecular flexibility index (Phi) is 9.46. The van der Waals surface area contributed by atoms with Gasteiger partial charge in [0.2, 0.25) is 9.84 Å². The van der Waals surface area contributed by atoms with Gasteiger partial charge in [-0.1, -0.05) is 36.9 Å². The van der Waals surface area contributed by atoms with Crippen LogP contribution >= 0.6 is 0 Å². The molecule has 0 aliphatic rings. The van der Waals surface area contributed by atoms with Crippen molar-refractivity contribution in [3.8, 4) is 5.75 Å². The monoisotopic (exact) mass is 678 g/mol. The molecule has 0 saturated carbocycles. The summed E-state index contributed by atoms with van der Waals surface area (Å²) in [5.41, 5.74) is -5.76. The standard InChI is InChI=1S/C21H15F9O9S3/c1-2-13-3-7-15(8-4-13)17(31)38-11-14-5-9-16(10-6-14)39-42(36,37)20(26,27)18(22,23)19(24,25)40(32,33)12-41(34,35)21(28,29)30/h2-10H,1,11-12H2. The third-order valence-electron chi connectivity index (χ3n) is 4.98. The number of halogens is 9. The van der Waals surface area contributed by atoms with Crippen molar-refractivity contribution < 1.29 is 78.5 Å². The Morgan fingerprint density at radius 1 is 0.738 bits per heavy atom. The molecule has 2 rings (SSSR count). The molecule has 0 N–H and O–H groups in total. The molecule has 0 fully saturated rings. The highest BCUT2D eigenvalue weighted by molar-refractivity contribution is 8.08. The van der Waals surface area contributed by atoms with E-state index in [2.05, 4.69) is 10.8 Å². The van der Waals surface area contributed by atoms with Crippen LogP contribution in [0.15, 0.2) is 55.1 Å². The van der Waals surface area contributed by atoms with Crippen molar-refractivity contribution in [2.45, 2.75) is 28.5 Å². The fraction of sp³-hybridized carbons (Fsp3) is 0.286. The number of hydrogen-bond donors (Lipinski definition) is 0. The van der Waals surface area contributed by atoms with Gasteiger partial charge in [0, 0.05) is 0 Å². The number of alkyl halides is 9. The summed E-state index contributed by atoms with van der Waals surface area (Å²) in [6.45, 7) is 3.02. The second-order valence-electron chi connectivity index (χ2n) is 7.98. The van der Waals surface area contributed by atoms with Crippen LogP contribution in [0, 0.1) is 0 Å². The van der Waals surface area contributed by atoms with Crippen molar-refractivity contribution in [1.82, 2.24) is 0 Å². The summed E-state index contributed by atoms with van der Waals surface area (Å²) in [5, 5.41) is -18.3. The first-order valence-corrected chi connectivity index (χ1v) is 15.1. The molecule has 0 amide bonds. The summed E-state index contributed by atoms with van der Waals surface area (Å²) in [6.07, 6.45) is 1.49. The summed E-state index contributed by atoms with van der Waals surface area (Å²) in [6, 6.07) is 8.59. The Balaban J connectivity index is 2.23. The van der Waals surface area contributed by atoms with Gasteiger partial charge >= 0.3 is 38.0 Å². The van der Waals surface area contributed by atoms with E-state index < -0.39 is 75.1 Å². The van der Waals surface area contributed by atoms with E-state index in [0.29, 0.717) is 17.7 Å². The number of hydrogen-bond acceptors (Lipinski definition) is 9. The van der Waals surface area contributed by atoms with Crippen LogP contribution in [0.1, 0.15) is 21.5 Å². The molecule has 2 aromatic rings. The van der Waals surface area contributed by atoms with Crippen LogP contribution in [-0.4, -0.2) is 58.2 Å². The van der Waals surface area contributed by atoms with E-state index in [1.807, 2.05) is 0 Å². The zero-order chi connectivity index (χ0) is 32.6. The number of ether oxygens (including phenoxy) is 1. The smallest absolute Gasteiger partial charge is 0.457 e. The topological polar surface area (TPSA) is 138 Å². The van der Waals surface area contributed by atoms with Gasteiger partial charge in [0.05, 0.1) is 5.56 Å². The van der Waals surface area contributed by atoms with Gasteiger partial charge in [0.1, 0.15) is 12.4 Å². The number of benzene rings is 2. The van der Waals surface area contributed by atoms with Crippen LogP contribution in [0.5, 0.6) is 5.75 Å². The molecule has 0 atom stereocenters. The van der Waals surface area contributed by atoms with Crippen molar-refractivity contribution in [1.29, 1.82) is 0 Å². The Morgan fingerprint density at radius 3 is 1.69 bits per heavy atom. The highest BCUT2D eigenvalue weighted by Crippen LogP contribution is 2.52. The first-order chi connectivity index (χ1) is 18.8. The molecule has 0 heterocycles. The second kappa shape index (κ2) is 11.4. The summed E-state index contributed by atoms with van der Waals surface area (Å²) >= 11 is 0. The van der Waals surface area contributed by atoms with Gasteiger partial charge in [-0.3, -0.25) is 0 Å². The van der Waals surface area contributed by atoms with Crippen molar-refractivity contribution in [2.75, 3.05) is 5.08 Å². The Bertz CT molecular complexity index is 1650. The van der Waals surface area contributed by atoms with Crippen LogP contribution in [0.2, 0.25) is 0 Å². The SMILES string of the molecule is C=Cc1ccc(C(=O)OCc2ccc(OS(=O)(=O)C(F)(F)C(F)(F)C(F)(F)S(=O)(=O)CS(=O)(=O)C(F)(F)F)cc2)cc1. The molecule has 0 spiro atoms. The van der Waals surface area contributed by atoms with Crippen molar-refractivity contribution >= 4 is 41.8 Å². The molecular formula is C21H15F9O9S3. The molecule has 0 aliphatic heterocycles. The number of carbonyl (C=O) groups excluding carboxylic acids is 1. The lowest BCUT2D eigenvalue weighted by atomic mass is 10.1. The molecule has 0 radical (unpaired) electrons. The van der Waals surface area contributed by atoms with E-state index in [0.717, 1.165) is 12.1 Å². The Labute approximate surface area is 231 Å². The van der Waals surface area contributed by atoms with Gasteiger partial charge in [-0.25, -0.2) is 21.6 Å².